The molecule has 3 aromatic heterocycles. The van der Waals surface area contributed by atoms with Crippen LogP contribution in [0, 0.1) is 5.92 Å². The molecule has 5 heterocycles. The Hall–Kier alpha value is -3.45. The molecule has 0 unspecified atom stereocenters. The zero-order chi connectivity index (χ0) is 20.9. The molecule has 3 aliphatic rings. The van der Waals surface area contributed by atoms with E-state index in [2.05, 4.69) is 38.4 Å². The number of carbonyl (C=O) groups excluding carboxylic acids is 1. The summed E-state index contributed by atoms with van der Waals surface area (Å²) in [6, 6.07) is 15.7. The zero-order valence-electron chi connectivity index (χ0n) is 17.0. The van der Waals surface area contributed by atoms with Crippen LogP contribution in [-0.4, -0.2) is 37.8 Å². The number of aromatic nitrogens is 3. The second kappa shape index (κ2) is 7.06. The van der Waals surface area contributed by atoms with Gasteiger partial charge < -0.3 is 10.3 Å². The van der Waals surface area contributed by atoms with Gasteiger partial charge in [-0.1, -0.05) is 18.2 Å². The molecular formula is C24H23N5O2. The van der Waals surface area contributed by atoms with Gasteiger partial charge in [0.15, 0.2) is 0 Å². The van der Waals surface area contributed by atoms with Gasteiger partial charge in [0, 0.05) is 49.1 Å². The van der Waals surface area contributed by atoms with Crippen LogP contribution in [-0.2, 0) is 13.1 Å². The minimum atomic E-state index is -0.358. The first-order valence-electron chi connectivity index (χ1n) is 10.7. The number of aromatic amines is 1. The van der Waals surface area contributed by atoms with E-state index >= 15 is 0 Å². The monoisotopic (exact) mass is 413 g/mol. The maximum Gasteiger partial charge on any atom is 0.270 e. The van der Waals surface area contributed by atoms with Crippen LogP contribution in [0.1, 0.15) is 34.6 Å². The molecule has 2 aliphatic heterocycles. The number of hydrogen-bond donors (Lipinski definition) is 2. The fraction of sp³-hybridized carbons (Fsp3) is 0.292. The van der Waals surface area contributed by atoms with Gasteiger partial charge in [-0.2, -0.15) is 0 Å². The number of H-pyrrole nitrogens is 1. The van der Waals surface area contributed by atoms with Gasteiger partial charge >= 0.3 is 0 Å². The summed E-state index contributed by atoms with van der Waals surface area (Å²) in [5.41, 5.74) is 3.63. The molecule has 0 spiro atoms. The van der Waals surface area contributed by atoms with Gasteiger partial charge in [0.05, 0.1) is 0 Å². The van der Waals surface area contributed by atoms with Gasteiger partial charge in [-0.25, -0.2) is 4.98 Å². The number of nitrogens with zero attached hydrogens (tertiary/aromatic N) is 3. The van der Waals surface area contributed by atoms with Crippen LogP contribution in [0.25, 0.3) is 16.6 Å². The number of benzene rings is 1. The predicted molar refractivity (Wildman–Crippen MR) is 118 cm³/mol. The fourth-order valence-corrected chi connectivity index (χ4v) is 4.91. The van der Waals surface area contributed by atoms with E-state index in [9.17, 15) is 9.59 Å². The van der Waals surface area contributed by atoms with Crippen LogP contribution in [0.4, 0.5) is 0 Å². The number of carbonyl (C=O) groups is 1. The third-order valence-corrected chi connectivity index (χ3v) is 6.59. The summed E-state index contributed by atoms with van der Waals surface area (Å²) in [5.74, 6) is 0.557. The van der Waals surface area contributed by atoms with Gasteiger partial charge in [-0.15, -0.1) is 0 Å². The first-order valence-corrected chi connectivity index (χ1v) is 10.7. The Morgan fingerprint density at radius 2 is 2.06 bits per heavy atom. The topological polar surface area (TPSA) is 82.5 Å². The molecule has 7 nitrogen and oxygen atoms in total. The molecule has 3 fully saturated rings. The normalized spacial score (nSPS) is 20.3. The van der Waals surface area contributed by atoms with Crippen molar-refractivity contribution in [1.82, 2.24) is 24.6 Å². The number of pyridine rings is 1. The van der Waals surface area contributed by atoms with E-state index in [1.807, 2.05) is 6.07 Å². The van der Waals surface area contributed by atoms with Crippen molar-refractivity contribution in [2.24, 2.45) is 5.92 Å². The predicted octanol–water partition coefficient (Wildman–Crippen LogP) is 2.70. The first kappa shape index (κ1) is 18.3. The van der Waals surface area contributed by atoms with Crippen LogP contribution >= 0.6 is 0 Å². The molecule has 156 valence electrons. The Labute approximate surface area is 178 Å². The van der Waals surface area contributed by atoms with Crippen molar-refractivity contribution in [1.29, 1.82) is 0 Å². The lowest BCUT2D eigenvalue weighted by atomic mass is 9.86. The molecule has 1 aromatic carbocycles. The van der Waals surface area contributed by atoms with Crippen LogP contribution in [0.2, 0.25) is 0 Å². The summed E-state index contributed by atoms with van der Waals surface area (Å²) in [5, 5.41) is 4.06. The van der Waals surface area contributed by atoms with Crippen LogP contribution in [0.15, 0.2) is 59.5 Å². The second-order valence-corrected chi connectivity index (χ2v) is 8.73. The van der Waals surface area contributed by atoms with Crippen molar-refractivity contribution in [2.45, 2.75) is 32.0 Å². The Morgan fingerprint density at radius 1 is 1.16 bits per heavy atom. The standard InChI is InChI=1S/C24H23N5O2/c30-23-11-21(27-22-3-1-2-6-29(22)23)24(31)25-12-15-4-5-17-10-18(26-20(17)9-15)14-28-13-16-7-19(28)8-16/h1-6,9-11,16,19,26H,7-8,12-14H2,(H,25,31). The van der Waals surface area contributed by atoms with Crippen molar-refractivity contribution in [3.63, 3.8) is 0 Å². The highest BCUT2D eigenvalue weighted by molar-refractivity contribution is 5.92. The summed E-state index contributed by atoms with van der Waals surface area (Å²) in [6.07, 6.45) is 4.37. The van der Waals surface area contributed by atoms with E-state index < -0.39 is 0 Å². The second-order valence-electron chi connectivity index (χ2n) is 8.73. The Balaban J connectivity index is 1.16. The minimum absolute atomic E-state index is 0.128. The Morgan fingerprint density at radius 3 is 2.90 bits per heavy atom. The number of fused-ring (bicyclic) bond motifs is 3. The maximum absolute atomic E-state index is 12.6. The van der Waals surface area contributed by atoms with E-state index in [-0.39, 0.29) is 17.2 Å². The van der Waals surface area contributed by atoms with E-state index in [1.165, 1.54) is 40.9 Å². The zero-order valence-corrected chi connectivity index (χ0v) is 17.0. The summed E-state index contributed by atoms with van der Waals surface area (Å²) in [7, 11) is 0. The molecule has 1 aliphatic carbocycles. The summed E-state index contributed by atoms with van der Waals surface area (Å²) < 4.78 is 1.42. The third kappa shape index (κ3) is 3.31. The molecule has 7 rings (SSSR count). The summed E-state index contributed by atoms with van der Waals surface area (Å²) >= 11 is 0. The number of amides is 1. The number of hydrogen-bond acceptors (Lipinski definition) is 4. The van der Waals surface area contributed by atoms with Crippen molar-refractivity contribution >= 4 is 22.5 Å². The van der Waals surface area contributed by atoms with Crippen LogP contribution in [0.3, 0.4) is 0 Å². The van der Waals surface area contributed by atoms with Crippen molar-refractivity contribution in [3.05, 3.63) is 82.0 Å². The van der Waals surface area contributed by atoms with Gasteiger partial charge in [-0.3, -0.25) is 18.9 Å². The lowest BCUT2D eigenvalue weighted by molar-refractivity contribution is 0.0946. The van der Waals surface area contributed by atoms with E-state index in [0.717, 1.165) is 29.6 Å². The number of rotatable bonds is 5. The van der Waals surface area contributed by atoms with Crippen molar-refractivity contribution < 1.29 is 4.79 Å². The average Bonchev–Trinajstić information content (AvgIpc) is 3.44. The molecule has 31 heavy (non-hydrogen) atoms. The number of nitrogens with one attached hydrogen (secondary N) is 2. The largest absolute Gasteiger partial charge is 0.357 e. The maximum atomic E-state index is 12.6. The van der Waals surface area contributed by atoms with Gasteiger partial charge in [0.25, 0.3) is 11.5 Å². The van der Waals surface area contributed by atoms with Gasteiger partial charge in [0.2, 0.25) is 0 Å². The smallest absolute Gasteiger partial charge is 0.270 e. The van der Waals surface area contributed by atoms with E-state index in [4.69, 9.17) is 0 Å². The molecule has 1 amide bonds. The van der Waals surface area contributed by atoms with Gasteiger partial charge in [0.1, 0.15) is 11.3 Å². The molecule has 2 bridgehead atoms. The van der Waals surface area contributed by atoms with Gasteiger partial charge in [-0.05, 0) is 54.0 Å². The molecule has 0 atom stereocenters. The van der Waals surface area contributed by atoms with Crippen LogP contribution < -0.4 is 10.9 Å². The molecule has 7 heteroatoms. The molecule has 2 saturated heterocycles. The molecule has 1 saturated carbocycles. The highest BCUT2D eigenvalue weighted by Gasteiger charge is 2.42. The van der Waals surface area contributed by atoms with E-state index in [0.29, 0.717) is 12.2 Å². The van der Waals surface area contributed by atoms with Crippen molar-refractivity contribution in [3.8, 4) is 0 Å². The van der Waals surface area contributed by atoms with Crippen molar-refractivity contribution in [2.75, 3.05) is 6.54 Å². The average molecular weight is 413 g/mol. The lowest BCUT2D eigenvalue weighted by Gasteiger charge is -2.25. The first-order chi connectivity index (χ1) is 15.1. The Bertz CT molecular complexity index is 1370. The minimum Gasteiger partial charge on any atom is -0.357 e. The summed E-state index contributed by atoms with van der Waals surface area (Å²) in [6.45, 7) is 2.57. The Kier molecular flexibility index (Phi) is 4.17. The van der Waals surface area contributed by atoms with Crippen LogP contribution in [0.5, 0.6) is 0 Å². The van der Waals surface area contributed by atoms with E-state index in [1.54, 1.807) is 24.4 Å². The molecule has 0 radical (unpaired) electrons. The molecule has 4 aromatic rings. The lowest BCUT2D eigenvalue weighted by Crippen LogP contribution is -2.28. The third-order valence-electron chi connectivity index (χ3n) is 6.59. The highest BCUT2D eigenvalue weighted by atomic mass is 16.2. The summed E-state index contributed by atoms with van der Waals surface area (Å²) in [4.78, 5) is 35.2. The molecular weight excluding hydrogens is 390 g/mol. The highest BCUT2D eigenvalue weighted by Crippen LogP contribution is 2.41. The molecule has 2 N–H and O–H groups in total. The fourth-order valence-electron chi connectivity index (χ4n) is 4.91. The SMILES string of the molecule is O=C(NCc1ccc2cc(CN3CC4CC3C4)[nH]c2c1)c1cc(=O)n2ccccc2n1. The quantitative estimate of drug-likeness (QED) is 0.527.